The van der Waals surface area contributed by atoms with Crippen LogP contribution in [0.15, 0.2) is 84.0 Å². The number of amides is 2. The fourth-order valence-electron chi connectivity index (χ4n) is 4.13. The van der Waals surface area contributed by atoms with Crippen LogP contribution in [0.4, 0.5) is 20.7 Å². The second-order valence-corrected chi connectivity index (χ2v) is 9.99. The highest BCUT2D eigenvalue weighted by molar-refractivity contribution is 7.93. The Labute approximate surface area is 211 Å². The van der Waals surface area contributed by atoms with Crippen molar-refractivity contribution in [1.29, 1.82) is 0 Å². The molecule has 0 radical (unpaired) electrons. The molecule has 0 bridgehead atoms. The summed E-state index contributed by atoms with van der Waals surface area (Å²) in [5, 5.41) is 10.2. The van der Waals surface area contributed by atoms with Crippen LogP contribution in [-0.2, 0) is 10.0 Å². The van der Waals surface area contributed by atoms with Crippen molar-refractivity contribution in [2.75, 3.05) is 22.7 Å². The maximum Gasteiger partial charge on any atom is 0.413 e. The number of nitrogens with one attached hydrogen (secondary N) is 1. The average Bonchev–Trinajstić information content (AvgIpc) is 2.86. The maximum atomic E-state index is 14.9. The summed E-state index contributed by atoms with van der Waals surface area (Å²) in [7, 11) is -4.17. The van der Waals surface area contributed by atoms with E-state index < -0.39 is 33.9 Å². The molecule has 5 rings (SSSR count). The van der Waals surface area contributed by atoms with Gasteiger partial charge in [0.05, 0.1) is 17.2 Å². The summed E-state index contributed by atoms with van der Waals surface area (Å²) in [6.07, 6.45) is 1.75. The highest BCUT2D eigenvalue weighted by atomic mass is 32.2. The highest BCUT2D eigenvalue weighted by Crippen LogP contribution is 2.27. The molecule has 0 spiro atoms. The van der Waals surface area contributed by atoms with Crippen LogP contribution in [0.5, 0.6) is 0 Å². The van der Waals surface area contributed by atoms with Gasteiger partial charge in [-0.3, -0.25) is 19.4 Å². The van der Waals surface area contributed by atoms with Crippen LogP contribution in [0.2, 0.25) is 0 Å². The minimum atomic E-state index is -4.17. The Morgan fingerprint density at radius 1 is 1.00 bits per heavy atom. The molecule has 1 fully saturated rings. The first-order valence-corrected chi connectivity index (χ1v) is 12.6. The van der Waals surface area contributed by atoms with Gasteiger partial charge >= 0.3 is 6.09 Å². The van der Waals surface area contributed by atoms with E-state index in [9.17, 15) is 27.5 Å². The molecule has 2 N–H and O–H groups in total. The summed E-state index contributed by atoms with van der Waals surface area (Å²) < 4.78 is 43.0. The molecule has 12 heteroatoms. The number of likely N-dealkylation sites (tertiary alicyclic amines) is 1. The molecule has 0 aliphatic carbocycles. The van der Waals surface area contributed by atoms with Crippen molar-refractivity contribution in [3.63, 3.8) is 0 Å². The number of hydrogen-bond donors (Lipinski definition) is 2. The Balaban J connectivity index is 1.30. The van der Waals surface area contributed by atoms with E-state index in [4.69, 9.17) is 0 Å². The molecular formula is C25H20FN5O5S. The van der Waals surface area contributed by atoms with E-state index in [0.717, 1.165) is 11.0 Å². The summed E-state index contributed by atoms with van der Waals surface area (Å²) in [6.45, 7) is 0.206. The second kappa shape index (κ2) is 9.47. The third-order valence-electron chi connectivity index (χ3n) is 5.96. The average molecular weight is 522 g/mol. The Hall–Kier alpha value is -4.58. The number of hydrogen-bond acceptors (Lipinski definition) is 6. The van der Waals surface area contributed by atoms with Crippen molar-refractivity contribution in [2.24, 2.45) is 0 Å². The van der Waals surface area contributed by atoms with E-state index in [0.29, 0.717) is 5.39 Å². The van der Waals surface area contributed by atoms with Crippen LogP contribution in [0.25, 0.3) is 10.9 Å². The fraction of sp³-hybridized carbons (Fsp3) is 0.120. The van der Waals surface area contributed by atoms with Crippen molar-refractivity contribution >= 4 is 44.4 Å². The Morgan fingerprint density at radius 2 is 1.76 bits per heavy atom. The first kappa shape index (κ1) is 24.1. The van der Waals surface area contributed by atoms with Crippen molar-refractivity contribution in [3.8, 4) is 0 Å². The van der Waals surface area contributed by atoms with Gasteiger partial charge in [0.1, 0.15) is 16.5 Å². The summed E-state index contributed by atoms with van der Waals surface area (Å²) in [5.41, 5.74) is -0.0678. The highest BCUT2D eigenvalue weighted by Gasteiger charge is 2.39. The number of para-hydroxylation sites is 1. The summed E-state index contributed by atoms with van der Waals surface area (Å²) in [5.74, 6) is -1.19. The molecular weight excluding hydrogens is 501 g/mol. The quantitative estimate of drug-likeness (QED) is 0.396. The molecule has 2 aromatic carbocycles. The van der Waals surface area contributed by atoms with Crippen molar-refractivity contribution in [3.05, 3.63) is 90.5 Å². The Morgan fingerprint density at radius 3 is 2.46 bits per heavy atom. The summed E-state index contributed by atoms with van der Waals surface area (Å²) in [4.78, 5) is 35.1. The van der Waals surface area contributed by atoms with Gasteiger partial charge in [0.15, 0.2) is 0 Å². The molecule has 10 nitrogen and oxygen atoms in total. The topological polar surface area (TPSA) is 133 Å². The number of rotatable bonds is 6. The van der Waals surface area contributed by atoms with E-state index in [1.807, 2.05) is 0 Å². The van der Waals surface area contributed by atoms with Gasteiger partial charge in [0, 0.05) is 36.4 Å². The second-order valence-electron chi connectivity index (χ2n) is 8.34. The number of halogens is 1. The molecule has 1 aliphatic rings. The molecule has 4 aromatic rings. The number of nitrogens with zero attached hydrogens (tertiary/aromatic N) is 4. The van der Waals surface area contributed by atoms with Crippen LogP contribution in [0, 0.1) is 5.82 Å². The lowest BCUT2D eigenvalue weighted by atomic mass is 10.0. The van der Waals surface area contributed by atoms with E-state index in [-0.39, 0.29) is 40.6 Å². The third-order valence-corrected chi connectivity index (χ3v) is 7.36. The predicted molar refractivity (Wildman–Crippen MR) is 133 cm³/mol. The zero-order valence-electron chi connectivity index (χ0n) is 19.2. The number of pyridine rings is 2. The molecule has 0 saturated carbocycles. The number of sulfonamides is 1. The van der Waals surface area contributed by atoms with Crippen molar-refractivity contribution in [2.45, 2.75) is 10.9 Å². The molecule has 0 unspecified atom stereocenters. The maximum absolute atomic E-state index is 14.9. The first-order chi connectivity index (χ1) is 17.7. The van der Waals surface area contributed by atoms with Gasteiger partial charge in [0.2, 0.25) is 0 Å². The van der Waals surface area contributed by atoms with E-state index in [1.54, 1.807) is 42.5 Å². The molecule has 0 atom stereocenters. The van der Waals surface area contributed by atoms with E-state index in [2.05, 4.69) is 14.7 Å². The molecule has 1 aliphatic heterocycles. The smallest absolute Gasteiger partial charge is 0.413 e. The lowest BCUT2D eigenvalue weighted by Crippen LogP contribution is -2.62. The van der Waals surface area contributed by atoms with Gasteiger partial charge in [0.25, 0.3) is 15.9 Å². The number of anilines is 2. The number of carbonyl (C=O) groups excluding carboxylic acids is 1. The van der Waals surface area contributed by atoms with Crippen molar-refractivity contribution < 1.29 is 27.5 Å². The number of aromatic nitrogens is 2. The van der Waals surface area contributed by atoms with Crippen LogP contribution >= 0.6 is 0 Å². The minimum Gasteiger partial charge on any atom is -0.465 e. The molecule has 3 heterocycles. The van der Waals surface area contributed by atoms with Gasteiger partial charge < -0.3 is 10.0 Å². The number of fused-ring (bicyclic) bond motifs is 1. The SMILES string of the molecule is O=C(c1ccc(NS(=O)(=O)c2cccc3cccnc23)c(F)c1)N1CC(N(C(=O)O)c2ccccn2)C1. The molecule has 2 amide bonds. The molecule has 188 valence electrons. The van der Waals surface area contributed by atoms with Gasteiger partial charge in [-0.25, -0.2) is 22.6 Å². The fourth-order valence-corrected chi connectivity index (χ4v) is 5.38. The monoisotopic (exact) mass is 521 g/mol. The van der Waals surface area contributed by atoms with Crippen LogP contribution in [-0.4, -0.2) is 59.5 Å². The zero-order chi connectivity index (χ0) is 26.2. The summed E-state index contributed by atoms with van der Waals surface area (Å²) in [6, 6.07) is 15.9. The molecule has 2 aromatic heterocycles. The first-order valence-electron chi connectivity index (χ1n) is 11.1. The number of carboxylic acid groups (broad SMARTS) is 1. The van der Waals surface area contributed by atoms with Gasteiger partial charge in [-0.05, 0) is 42.5 Å². The third kappa shape index (κ3) is 4.66. The predicted octanol–water partition coefficient (Wildman–Crippen LogP) is 3.58. The number of benzene rings is 2. The summed E-state index contributed by atoms with van der Waals surface area (Å²) >= 11 is 0. The molecule has 1 saturated heterocycles. The van der Waals surface area contributed by atoms with Crippen LogP contribution in [0.1, 0.15) is 10.4 Å². The largest absolute Gasteiger partial charge is 0.465 e. The normalized spacial score (nSPS) is 13.7. The standard InChI is InChI=1S/C25H20FN5O5S/c26-19-13-17(24(32)30-14-18(15-30)31(25(33)34)22-8-1-2-11-27-22)9-10-20(19)29-37(35,36)21-7-3-5-16-6-4-12-28-23(16)21/h1-13,18,29H,14-15H2,(H,33,34). The van der Waals surface area contributed by atoms with Gasteiger partial charge in [-0.2, -0.15) is 0 Å². The van der Waals surface area contributed by atoms with Crippen LogP contribution < -0.4 is 9.62 Å². The Kier molecular flexibility index (Phi) is 6.17. The van der Waals surface area contributed by atoms with E-state index in [1.165, 1.54) is 35.5 Å². The van der Waals surface area contributed by atoms with Crippen LogP contribution in [0.3, 0.4) is 0 Å². The van der Waals surface area contributed by atoms with E-state index >= 15 is 0 Å². The van der Waals surface area contributed by atoms with Gasteiger partial charge in [-0.15, -0.1) is 0 Å². The minimum absolute atomic E-state index is 0.00503. The van der Waals surface area contributed by atoms with Crippen molar-refractivity contribution in [1.82, 2.24) is 14.9 Å². The van der Waals surface area contributed by atoms with Gasteiger partial charge in [-0.1, -0.05) is 24.3 Å². The molecule has 37 heavy (non-hydrogen) atoms. The number of carbonyl (C=O) groups is 2. The lowest BCUT2D eigenvalue weighted by molar-refractivity contribution is 0.0595. The lowest BCUT2D eigenvalue weighted by Gasteiger charge is -2.43. The Bertz CT molecular complexity index is 1610. The zero-order valence-corrected chi connectivity index (χ0v) is 20.0.